The third kappa shape index (κ3) is 1.89. The molecule has 3 rings (SSSR count). The molecular weight excluding hydrogens is 206 g/mol. The molecule has 1 aliphatic carbocycles. The number of thioether (sulfide) groups is 1. The van der Waals surface area contributed by atoms with Gasteiger partial charge in [0.2, 0.25) is 5.88 Å². The molecule has 0 amide bonds. The molecule has 82 valence electrons. The van der Waals surface area contributed by atoms with Crippen molar-refractivity contribution in [1.82, 2.24) is 0 Å². The molecule has 0 radical (unpaired) electrons. The van der Waals surface area contributed by atoms with E-state index < -0.39 is 0 Å². The quantitative estimate of drug-likeness (QED) is 0.785. The van der Waals surface area contributed by atoms with Crippen LogP contribution in [0.5, 0.6) is 0 Å². The van der Waals surface area contributed by atoms with Crippen molar-refractivity contribution < 1.29 is 4.42 Å². The Morgan fingerprint density at radius 1 is 1.27 bits per heavy atom. The third-order valence-corrected chi connectivity index (χ3v) is 4.98. The molecule has 2 nitrogen and oxygen atoms in total. The van der Waals surface area contributed by atoms with Crippen molar-refractivity contribution in [3.8, 4) is 0 Å². The van der Waals surface area contributed by atoms with Gasteiger partial charge in [-0.3, -0.25) is 0 Å². The van der Waals surface area contributed by atoms with E-state index in [-0.39, 0.29) is 0 Å². The fraction of sp³-hybridized carbons (Fsp3) is 0.667. The van der Waals surface area contributed by atoms with Crippen molar-refractivity contribution in [2.24, 2.45) is 5.92 Å². The number of hydrogen-bond donors (Lipinski definition) is 1. The molecule has 0 spiro atoms. The highest BCUT2D eigenvalue weighted by molar-refractivity contribution is 8.00. The van der Waals surface area contributed by atoms with Crippen LogP contribution in [0.2, 0.25) is 0 Å². The summed E-state index contributed by atoms with van der Waals surface area (Å²) in [5, 5.41) is 4.16. The highest BCUT2D eigenvalue weighted by Crippen LogP contribution is 2.42. The summed E-state index contributed by atoms with van der Waals surface area (Å²) in [4.78, 5) is 1.30. The Bertz CT molecular complexity index is 330. The predicted octanol–water partition coefficient (Wildman–Crippen LogP) is 3.75. The molecule has 2 aliphatic rings. The molecule has 1 atom stereocenters. The van der Waals surface area contributed by atoms with E-state index in [9.17, 15) is 0 Å². The Hall–Kier alpha value is -0.570. The fourth-order valence-electron chi connectivity index (χ4n) is 2.69. The maximum Gasteiger partial charge on any atom is 0.206 e. The minimum atomic E-state index is 0.760. The van der Waals surface area contributed by atoms with Gasteiger partial charge in [-0.05, 0) is 24.8 Å². The monoisotopic (exact) mass is 223 g/mol. The molecule has 0 aromatic carbocycles. The minimum Gasteiger partial charge on any atom is -0.448 e. The molecule has 0 bridgehead atoms. The van der Waals surface area contributed by atoms with Gasteiger partial charge in [0.25, 0.3) is 0 Å². The largest absolute Gasteiger partial charge is 0.448 e. The van der Waals surface area contributed by atoms with Gasteiger partial charge in [0, 0.05) is 11.8 Å². The zero-order chi connectivity index (χ0) is 10.1. The van der Waals surface area contributed by atoms with E-state index in [4.69, 9.17) is 4.42 Å². The van der Waals surface area contributed by atoms with Crippen LogP contribution >= 0.6 is 11.8 Å². The average Bonchev–Trinajstić information content (AvgIpc) is 2.77. The molecule has 1 fully saturated rings. The van der Waals surface area contributed by atoms with Crippen LogP contribution in [0.15, 0.2) is 21.6 Å². The normalized spacial score (nSPS) is 27.1. The van der Waals surface area contributed by atoms with Crippen molar-refractivity contribution in [3.63, 3.8) is 0 Å². The molecule has 3 heteroatoms. The van der Waals surface area contributed by atoms with Crippen LogP contribution in [0.25, 0.3) is 0 Å². The fourth-order valence-corrected chi connectivity index (χ4v) is 4.00. The lowest BCUT2D eigenvalue weighted by Gasteiger charge is -2.32. The Morgan fingerprint density at radius 3 is 3.00 bits per heavy atom. The SMILES string of the molecule is c1cc2c(o1)NCC(C1CCCCC1)S2. The molecular formula is C12H17NOS. The molecule has 1 unspecified atom stereocenters. The maximum absolute atomic E-state index is 5.36. The van der Waals surface area contributed by atoms with Crippen molar-refractivity contribution in [2.75, 3.05) is 11.9 Å². The van der Waals surface area contributed by atoms with Gasteiger partial charge < -0.3 is 9.73 Å². The van der Waals surface area contributed by atoms with Gasteiger partial charge in [-0.2, -0.15) is 0 Å². The Kier molecular flexibility index (Phi) is 2.65. The zero-order valence-corrected chi connectivity index (χ0v) is 9.69. The Labute approximate surface area is 94.8 Å². The first-order valence-electron chi connectivity index (χ1n) is 5.91. The lowest BCUT2D eigenvalue weighted by molar-refractivity contribution is 0.351. The minimum absolute atomic E-state index is 0.760. The smallest absolute Gasteiger partial charge is 0.206 e. The van der Waals surface area contributed by atoms with Crippen molar-refractivity contribution in [1.29, 1.82) is 0 Å². The molecule has 1 N–H and O–H groups in total. The van der Waals surface area contributed by atoms with Crippen LogP contribution in [0.3, 0.4) is 0 Å². The van der Waals surface area contributed by atoms with Crippen molar-refractivity contribution in [2.45, 2.75) is 42.2 Å². The second-order valence-corrected chi connectivity index (χ2v) is 5.83. The number of rotatable bonds is 1. The van der Waals surface area contributed by atoms with E-state index in [1.54, 1.807) is 6.26 Å². The van der Waals surface area contributed by atoms with Gasteiger partial charge in [-0.1, -0.05) is 19.3 Å². The number of anilines is 1. The van der Waals surface area contributed by atoms with E-state index in [1.807, 2.05) is 11.8 Å². The van der Waals surface area contributed by atoms with Gasteiger partial charge in [0.05, 0.1) is 11.2 Å². The maximum atomic E-state index is 5.36. The number of furan rings is 1. The van der Waals surface area contributed by atoms with Gasteiger partial charge >= 0.3 is 0 Å². The zero-order valence-electron chi connectivity index (χ0n) is 8.87. The second-order valence-electron chi connectivity index (χ2n) is 4.55. The first-order valence-corrected chi connectivity index (χ1v) is 6.79. The first-order chi connectivity index (χ1) is 7.43. The summed E-state index contributed by atoms with van der Waals surface area (Å²) in [6.45, 7) is 1.08. The van der Waals surface area contributed by atoms with E-state index >= 15 is 0 Å². The number of fused-ring (bicyclic) bond motifs is 1. The van der Waals surface area contributed by atoms with Crippen LogP contribution in [-0.2, 0) is 0 Å². The lowest BCUT2D eigenvalue weighted by atomic mass is 9.86. The van der Waals surface area contributed by atoms with Crippen LogP contribution in [0.1, 0.15) is 32.1 Å². The molecule has 0 saturated heterocycles. The van der Waals surface area contributed by atoms with Gasteiger partial charge in [0.1, 0.15) is 0 Å². The summed E-state index contributed by atoms with van der Waals surface area (Å²) in [6, 6.07) is 2.09. The average molecular weight is 223 g/mol. The van der Waals surface area contributed by atoms with Crippen LogP contribution < -0.4 is 5.32 Å². The summed E-state index contributed by atoms with van der Waals surface area (Å²) in [5.41, 5.74) is 0. The van der Waals surface area contributed by atoms with Gasteiger partial charge in [0.15, 0.2) is 0 Å². The van der Waals surface area contributed by atoms with E-state index in [0.29, 0.717) is 0 Å². The van der Waals surface area contributed by atoms with Crippen LogP contribution in [0, 0.1) is 5.92 Å². The summed E-state index contributed by atoms with van der Waals surface area (Å²) in [7, 11) is 0. The summed E-state index contributed by atoms with van der Waals surface area (Å²) in [6.07, 6.45) is 8.94. The molecule has 1 aliphatic heterocycles. The van der Waals surface area contributed by atoms with Crippen molar-refractivity contribution in [3.05, 3.63) is 12.3 Å². The highest BCUT2D eigenvalue weighted by atomic mass is 32.2. The third-order valence-electron chi connectivity index (χ3n) is 3.55. The van der Waals surface area contributed by atoms with Crippen LogP contribution in [0.4, 0.5) is 5.88 Å². The van der Waals surface area contributed by atoms with E-state index in [2.05, 4.69) is 11.4 Å². The highest BCUT2D eigenvalue weighted by Gasteiger charge is 2.29. The van der Waals surface area contributed by atoms with E-state index in [0.717, 1.165) is 23.6 Å². The number of nitrogens with one attached hydrogen (secondary N) is 1. The topological polar surface area (TPSA) is 25.2 Å². The Morgan fingerprint density at radius 2 is 2.13 bits per heavy atom. The lowest BCUT2D eigenvalue weighted by Crippen LogP contribution is -2.29. The molecule has 1 saturated carbocycles. The summed E-state index contributed by atoms with van der Waals surface area (Å²) < 4.78 is 5.36. The van der Waals surface area contributed by atoms with Crippen molar-refractivity contribution >= 4 is 17.6 Å². The Balaban J connectivity index is 1.69. The summed E-state index contributed by atoms with van der Waals surface area (Å²) >= 11 is 2.01. The first kappa shape index (κ1) is 9.64. The van der Waals surface area contributed by atoms with Crippen LogP contribution in [-0.4, -0.2) is 11.8 Å². The number of hydrogen-bond acceptors (Lipinski definition) is 3. The summed E-state index contributed by atoms with van der Waals surface area (Å²) in [5.74, 6) is 1.89. The standard InChI is InChI=1S/C12H17NOS/c1-2-4-9(5-3-1)11-8-13-12-10(15-11)6-7-14-12/h6-7,9,11,13H,1-5,8H2. The predicted molar refractivity (Wildman–Crippen MR) is 63.4 cm³/mol. The second kappa shape index (κ2) is 4.12. The molecule has 15 heavy (non-hydrogen) atoms. The van der Waals surface area contributed by atoms with Gasteiger partial charge in [-0.15, -0.1) is 11.8 Å². The molecule has 2 heterocycles. The molecule has 1 aromatic rings. The molecule has 1 aromatic heterocycles. The van der Waals surface area contributed by atoms with E-state index in [1.165, 1.54) is 37.0 Å². The van der Waals surface area contributed by atoms with Gasteiger partial charge in [-0.25, -0.2) is 0 Å².